The van der Waals surface area contributed by atoms with E-state index in [2.05, 4.69) is 16.0 Å². The second kappa shape index (κ2) is 17.1. The number of unbranched alkanes of at least 4 members (excludes halogenated alkanes) is 1. The molecule has 0 radical (unpaired) electrons. The van der Waals surface area contributed by atoms with Gasteiger partial charge in [-0.1, -0.05) is 13.8 Å². The van der Waals surface area contributed by atoms with Gasteiger partial charge in [0.2, 0.25) is 23.6 Å². The van der Waals surface area contributed by atoms with Crippen LogP contribution < -0.4 is 33.2 Å². The van der Waals surface area contributed by atoms with E-state index >= 15 is 0 Å². The minimum Gasteiger partial charge on any atom is -0.480 e. The van der Waals surface area contributed by atoms with Crippen LogP contribution in [0, 0.1) is 5.92 Å². The Morgan fingerprint density at radius 1 is 0.882 bits per heavy atom. The quantitative estimate of drug-likeness (QED) is 0.110. The average Bonchev–Trinajstić information content (AvgIpc) is 2.76. The van der Waals surface area contributed by atoms with Crippen LogP contribution in [0.3, 0.4) is 0 Å². The smallest absolute Gasteiger partial charge is 0.326 e. The fraction of sp³-hybridized carbons (Fsp3) is 0.762. The van der Waals surface area contributed by atoms with E-state index < -0.39 is 53.8 Å². The molecule has 4 atom stereocenters. The van der Waals surface area contributed by atoms with E-state index in [9.17, 15) is 29.1 Å². The van der Waals surface area contributed by atoms with Gasteiger partial charge in [0, 0.05) is 6.42 Å². The fourth-order valence-corrected chi connectivity index (χ4v) is 3.48. The molecule has 12 nitrogen and oxygen atoms in total. The monoisotopic (exact) mass is 504 g/mol. The molecule has 4 unspecified atom stereocenters. The van der Waals surface area contributed by atoms with Crippen molar-refractivity contribution in [2.75, 3.05) is 18.6 Å². The molecule has 0 aromatic carbocycles. The first-order valence-electron chi connectivity index (χ1n) is 11.3. The van der Waals surface area contributed by atoms with Crippen molar-refractivity contribution in [3.05, 3.63) is 0 Å². The van der Waals surface area contributed by atoms with Crippen molar-refractivity contribution in [3.8, 4) is 0 Å². The van der Waals surface area contributed by atoms with Crippen LogP contribution in [-0.2, 0) is 24.0 Å². The Morgan fingerprint density at radius 3 is 1.94 bits per heavy atom. The van der Waals surface area contributed by atoms with Crippen LogP contribution in [0.1, 0.15) is 52.4 Å². The molecule has 0 fully saturated rings. The number of carboxylic acid groups (broad SMARTS) is 1. The number of amides is 4. The van der Waals surface area contributed by atoms with Crippen LogP contribution in [0.25, 0.3) is 0 Å². The van der Waals surface area contributed by atoms with Crippen molar-refractivity contribution in [1.82, 2.24) is 16.0 Å². The molecule has 34 heavy (non-hydrogen) atoms. The van der Waals surface area contributed by atoms with E-state index in [-0.39, 0.29) is 31.6 Å². The maximum absolute atomic E-state index is 13.0. The molecule has 0 saturated heterocycles. The molecule has 0 aromatic heterocycles. The molecule has 196 valence electrons. The number of nitrogens with two attached hydrogens (primary N) is 3. The minimum absolute atomic E-state index is 0.0306. The summed E-state index contributed by atoms with van der Waals surface area (Å²) >= 11 is 1.47. The summed E-state index contributed by atoms with van der Waals surface area (Å²) in [4.78, 5) is 60.7. The Labute approximate surface area is 204 Å². The second-order valence-electron chi connectivity index (χ2n) is 8.37. The molecule has 0 aliphatic rings. The van der Waals surface area contributed by atoms with Gasteiger partial charge in [-0.15, -0.1) is 0 Å². The number of hydrogen-bond donors (Lipinski definition) is 7. The third-order valence-corrected chi connectivity index (χ3v) is 5.74. The first kappa shape index (κ1) is 31.6. The topological polar surface area (TPSA) is 220 Å². The lowest BCUT2D eigenvalue weighted by atomic mass is 10.0. The molecule has 0 bridgehead atoms. The minimum atomic E-state index is -1.17. The van der Waals surface area contributed by atoms with Crippen molar-refractivity contribution >= 4 is 41.4 Å². The Kier molecular flexibility index (Phi) is 15.9. The van der Waals surface area contributed by atoms with Crippen molar-refractivity contribution < 1.29 is 29.1 Å². The summed E-state index contributed by atoms with van der Waals surface area (Å²) < 4.78 is 0. The van der Waals surface area contributed by atoms with Crippen LogP contribution in [0.4, 0.5) is 0 Å². The van der Waals surface area contributed by atoms with Gasteiger partial charge in [-0.2, -0.15) is 11.8 Å². The van der Waals surface area contributed by atoms with E-state index in [1.165, 1.54) is 11.8 Å². The summed E-state index contributed by atoms with van der Waals surface area (Å²) in [6, 6.07) is -4.11. The molecule has 10 N–H and O–H groups in total. The predicted molar refractivity (Wildman–Crippen MR) is 131 cm³/mol. The Balaban J connectivity index is 5.43. The van der Waals surface area contributed by atoms with Gasteiger partial charge >= 0.3 is 5.97 Å². The van der Waals surface area contributed by atoms with Crippen LogP contribution >= 0.6 is 11.8 Å². The summed E-state index contributed by atoms with van der Waals surface area (Å²) in [7, 11) is 0. The van der Waals surface area contributed by atoms with Crippen molar-refractivity contribution in [2.24, 2.45) is 23.1 Å². The first-order chi connectivity index (χ1) is 15.9. The number of rotatable bonds is 18. The van der Waals surface area contributed by atoms with E-state index in [4.69, 9.17) is 17.2 Å². The van der Waals surface area contributed by atoms with E-state index in [0.29, 0.717) is 25.1 Å². The summed E-state index contributed by atoms with van der Waals surface area (Å²) in [6.07, 6.45) is 3.50. The zero-order chi connectivity index (χ0) is 26.3. The molecule has 13 heteroatoms. The lowest BCUT2D eigenvalue weighted by molar-refractivity contribution is -0.143. The molecular weight excluding hydrogens is 464 g/mol. The maximum Gasteiger partial charge on any atom is 0.326 e. The number of nitrogens with one attached hydrogen (secondary N) is 3. The predicted octanol–water partition coefficient (Wildman–Crippen LogP) is -1.34. The Bertz CT molecular complexity index is 693. The number of carbonyl (C=O) groups is 5. The van der Waals surface area contributed by atoms with Gasteiger partial charge in [-0.3, -0.25) is 19.2 Å². The van der Waals surface area contributed by atoms with Crippen molar-refractivity contribution in [1.29, 1.82) is 0 Å². The number of thioether (sulfide) groups is 1. The molecule has 0 heterocycles. The number of carboxylic acids is 1. The van der Waals surface area contributed by atoms with Crippen LogP contribution in [0.2, 0.25) is 0 Å². The van der Waals surface area contributed by atoms with Crippen molar-refractivity contribution in [2.45, 2.75) is 76.5 Å². The summed E-state index contributed by atoms with van der Waals surface area (Å²) in [6.45, 7) is 3.74. The number of primary amides is 1. The SMILES string of the molecule is CSCCC(NC(=O)C(CCCCN)NC(=O)C(N)CCC(N)=O)C(=O)NC(C(=O)O)C(C)C. The maximum atomic E-state index is 13.0. The Morgan fingerprint density at radius 2 is 1.44 bits per heavy atom. The summed E-state index contributed by atoms with van der Waals surface area (Å²) in [5, 5.41) is 17.1. The lowest BCUT2D eigenvalue weighted by Gasteiger charge is -2.26. The molecule has 0 aliphatic carbocycles. The average molecular weight is 505 g/mol. The van der Waals surface area contributed by atoms with E-state index in [0.717, 1.165) is 0 Å². The molecule has 0 saturated carbocycles. The Hall–Kier alpha value is -2.38. The van der Waals surface area contributed by atoms with Gasteiger partial charge in [-0.05, 0) is 56.6 Å². The van der Waals surface area contributed by atoms with Gasteiger partial charge in [0.05, 0.1) is 6.04 Å². The molecule has 0 aromatic rings. The summed E-state index contributed by atoms with van der Waals surface area (Å²) in [5.74, 6) is -3.41. The second-order valence-corrected chi connectivity index (χ2v) is 9.35. The molecule has 0 aliphatic heterocycles. The van der Waals surface area contributed by atoms with Gasteiger partial charge < -0.3 is 38.3 Å². The number of carbonyl (C=O) groups excluding carboxylic acids is 4. The van der Waals surface area contributed by atoms with Crippen LogP contribution in [0.5, 0.6) is 0 Å². The van der Waals surface area contributed by atoms with Crippen LogP contribution in [0.15, 0.2) is 0 Å². The van der Waals surface area contributed by atoms with Gasteiger partial charge in [0.25, 0.3) is 0 Å². The van der Waals surface area contributed by atoms with Gasteiger partial charge in [0.1, 0.15) is 18.1 Å². The fourth-order valence-electron chi connectivity index (χ4n) is 3.01. The van der Waals surface area contributed by atoms with Gasteiger partial charge in [0.15, 0.2) is 0 Å². The summed E-state index contributed by atoms with van der Waals surface area (Å²) in [5.41, 5.74) is 16.4. The first-order valence-corrected chi connectivity index (χ1v) is 12.7. The highest BCUT2D eigenvalue weighted by Crippen LogP contribution is 2.08. The molecule has 4 amide bonds. The van der Waals surface area contributed by atoms with E-state index in [1.54, 1.807) is 13.8 Å². The normalized spacial score (nSPS) is 14.5. The van der Waals surface area contributed by atoms with E-state index in [1.807, 2.05) is 6.26 Å². The standard InChI is InChI=1S/C21H40N6O6S/c1-12(2)17(21(32)33)27-20(31)15(9-11-34-3)26-19(30)14(6-4-5-10-22)25-18(29)13(23)7-8-16(24)28/h12-15,17H,4-11,22-23H2,1-3H3,(H2,24,28)(H,25,29)(H,26,30)(H,27,31)(H,32,33). The van der Waals surface area contributed by atoms with Gasteiger partial charge in [-0.25, -0.2) is 4.79 Å². The third kappa shape index (κ3) is 12.8. The highest BCUT2D eigenvalue weighted by atomic mass is 32.2. The lowest BCUT2D eigenvalue weighted by Crippen LogP contribution is -2.57. The molecule has 0 spiro atoms. The number of aliphatic carboxylic acids is 1. The zero-order valence-corrected chi connectivity index (χ0v) is 21.0. The zero-order valence-electron chi connectivity index (χ0n) is 20.2. The molecular formula is C21H40N6O6S. The number of hydrogen-bond acceptors (Lipinski definition) is 8. The highest BCUT2D eigenvalue weighted by molar-refractivity contribution is 7.98. The molecule has 0 rings (SSSR count). The third-order valence-electron chi connectivity index (χ3n) is 5.09. The van der Waals surface area contributed by atoms with Crippen LogP contribution in [-0.4, -0.2) is 77.4 Å². The highest BCUT2D eigenvalue weighted by Gasteiger charge is 2.31. The van der Waals surface area contributed by atoms with Crippen molar-refractivity contribution in [3.63, 3.8) is 0 Å². The largest absolute Gasteiger partial charge is 0.480 e.